The van der Waals surface area contributed by atoms with Gasteiger partial charge in [0.2, 0.25) is 0 Å². The minimum atomic E-state index is 0.230. The number of anilines is 1. The number of aryl methyl sites for hydroxylation is 1. The molecule has 94 valence electrons. The summed E-state index contributed by atoms with van der Waals surface area (Å²) in [7, 11) is 0. The molecule has 2 heteroatoms. The van der Waals surface area contributed by atoms with Crippen LogP contribution in [0.4, 0.5) is 5.69 Å². The Balaban J connectivity index is 2.31. The molecule has 0 aromatic heterocycles. The molecule has 1 saturated heterocycles. The van der Waals surface area contributed by atoms with Crippen LogP contribution in [0.25, 0.3) is 0 Å². The third-order valence-corrected chi connectivity index (χ3v) is 3.64. The molecule has 1 aromatic rings. The van der Waals surface area contributed by atoms with Gasteiger partial charge in [-0.2, -0.15) is 0 Å². The first kappa shape index (κ1) is 12.4. The second-order valence-corrected chi connectivity index (χ2v) is 5.50. The van der Waals surface area contributed by atoms with Crippen LogP contribution in [0.5, 0.6) is 0 Å². The lowest BCUT2D eigenvalue weighted by molar-refractivity contribution is 0.711. The van der Waals surface area contributed by atoms with Crippen molar-refractivity contribution in [2.45, 2.75) is 52.1 Å². The van der Waals surface area contributed by atoms with Crippen LogP contribution >= 0.6 is 0 Å². The van der Waals surface area contributed by atoms with Crippen LogP contribution in [0.1, 0.15) is 37.8 Å². The summed E-state index contributed by atoms with van der Waals surface area (Å²) in [5.41, 5.74) is 10.1. The number of nitrogens with two attached hydrogens (primary N) is 1. The highest BCUT2D eigenvalue weighted by atomic mass is 15.2. The van der Waals surface area contributed by atoms with E-state index in [2.05, 4.69) is 43.9 Å². The van der Waals surface area contributed by atoms with Crippen molar-refractivity contribution in [1.82, 2.24) is 0 Å². The number of hydrogen-bond acceptors (Lipinski definition) is 2. The fourth-order valence-corrected chi connectivity index (χ4v) is 2.80. The van der Waals surface area contributed by atoms with E-state index in [1.807, 2.05) is 0 Å². The maximum atomic E-state index is 5.96. The van der Waals surface area contributed by atoms with E-state index < -0.39 is 0 Å². The average Bonchev–Trinajstić information content (AvgIpc) is 2.64. The molecule has 2 rings (SSSR count). The smallest absolute Gasteiger partial charge is 0.0401 e. The van der Waals surface area contributed by atoms with Crippen molar-refractivity contribution >= 4 is 5.69 Å². The minimum absolute atomic E-state index is 0.230. The Bertz CT molecular complexity index is 385. The second-order valence-electron chi connectivity index (χ2n) is 5.50. The zero-order valence-electron chi connectivity index (χ0n) is 11.2. The van der Waals surface area contributed by atoms with Gasteiger partial charge in [0.25, 0.3) is 0 Å². The van der Waals surface area contributed by atoms with Crippen molar-refractivity contribution in [3.63, 3.8) is 0 Å². The lowest BCUT2D eigenvalue weighted by atomic mass is 10.0. The zero-order chi connectivity index (χ0) is 12.4. The van der Waals surface area contributed by atoms with Gasteiger partial charge in [-0.25, -0.2) is 0 Å². The highest BCUT2D eigenvalue weighted by molar-refractivity contribution is 5.56. The van der Waals surface area contributed by atoms with E-state index >= 15 is 0 Å². The Morgan fingerprint density at radius 1 is 1.47 bits per heavy atom. The minimum Gasteiger partial charge on any atom is -0.369 e. The van der Waals surface area contributed by atoms with Gasteiger partial charge in [0, 0.05) is 24.3 Å². The summed E-state index contributed by atoms with van der Waals surface area (Å²) in [5, 5.41) is 0. The number of rotatable bonds is 3. The maximum Gasteiger partial charge on any atom is 0.0401 e. The molecule has 2 N–H and O–H groups in total. The lowest BCUT2D eigenvalue weighted by Gasteiger charge is -2.27. The van der Waals surface area contributed by atoms with Crippen LogP contribution < -0.4 is 10.6 Å². The Kier molecular flexibility index (Phi) is 3.72. The van der Waals surface area contributed by atoms with Gasteiger partial charge in [0.1, 0.15) is 0 Å². The number of nitrogens with zero attached hydrogens (tertiary/aromatic N) is 1. The van der Waals surface area contributed by atoms with Gasteiger partial charge in [-0.3, -0.25) is 0 Å². The van der Waals surface area contributed by atoms with Gasteiger partial charge < -0.3 is 10.6 Å². The third-order valence-electron chi connectivity index (χ3n) is 3.64. The van der Waals surface area contributed by atoms with Gasteiger partial charge in [-0.1, -0.05) is 17.7 Å². The normalized spacial score (nSPS) is 21.9. The summed E-state index contributed by atoms with van der Waals surface area (Å²) >= 11 is 0. The van der Waals surface area contributed by atoms with E-state index in [0.29, 0.717) is 6.04 Å². The Hall–Kier alpha value is -1.02. The molecule has 1 fully saturated rings. The predicted octanol–water partition coefficient (Wildman–Crippen LogP) is 2.87. The van der Waals surface area contributed by atoms with Gasteiger partial charge in [0.05, 0.1) is 0 Å². The highest BCUT2D eigenvalue weighted by Gasteiger charge is 2.22. The monoisotopic (exact) mass is 232 g/mol. The largest absolute Gasteiger partial charge is 0.369 e. The van der Waals surface area contributed by atoms with Crippen molar-refractivity contribution in [2.24, 2.45) is 5.73 Å². The molecular weight excluding hydrogens is 208 g/mol. The molecule has 1 aliphatic heterocycles. The van der Waals surface area contributed by atoms with Crippen molar-refractivity contribution in [3.05, 3.63) is 29.3 Å². The van der Waals surface area contributed by atoms with Gasteiger partial charge >= 0.3 is 0 Å². The Labute approximate surface area is 105 Å². The van der Waals surface area contributed by atoms with Gasteiger partial charge in [-0.05, 0) is 51.7 Å². The van der Waals surface area contributed by atoms with Crippen molar-refractivity contribution in [2.75, 3.05) is 11.4 Å². The van der Waals surface area contributed by atoms with Crippen LogP contribution in [-0.2, 0) is 6.42 Å². The van der Waals surface area contributed by atoms with E-state index in [1.165, 1.54) is 36.2 Å². The topological polar surface area (TPSA) is 29.3 Å². The number of hydrogen-bond donors (Lipinski definition) is 1. The van der Waals surface area contributed by atoms with E-state index in [9.17, 15) is 0 Å². The Morgan fingerprint density at radius 3 is 2.82 bits per heavy atom. The fraction of sp³-hybridized carbons (Fsp3) is 0.600. The van der Waals surface area contributed by atoms with Gasteiger partial charge in [-0.15, -0.1) is 0 Å². The summed E-state index contributed by atoms with van der Waals surface area (Å²) in [6, 6.07) is 7.68. The molecular formula is C15H24N2. The van der Waals surface area contributed by atoms with Crippen LogP contribution in [0.3, 0.4) is 0 Å². The molecule has 2 atom stereocenters. The Morgan fingerprint density at radius 2 is 2.24 bits per heavy atom. The molecule has 0 bridgehead atoms. The molecule has 2 nitrogen and oxygen atoms in total. The van der Waals surface area contributed by atoms with Crippen molar-refractivity contribution < 1.29 is 0 Å². The summed E-state index contributed by atoms with van der Waals surface area (Å²) in [4.78, 5) is 2.54. The summed E-state index contributed by atoms with van der Waals surface area (Å²) in [5.74, 6) is 0. The van der Waals surface area contributed by atoms with E-state index in [4.69, 9.17) is 5.73 Å². The molecule has 0 radical (unpaired) electrons. The van der Waals surface area contributed by atoms with Crippen LogP contribution in [0, 0.1) is 6.92 Å². The SMILES string of the molecule is Cc1ccc(N2CCCC2C)c(CC(C)N)c1. The van der Waals surface area contributed by atoms with E-state index in [0.717, 1.165) is 6.42 Å². The van der Waals surface area contributed by atoms with E-state index in [-0.39, 0.29) is 6.04 Å². The maximum absolute atomic E-state index is 5.96. The molecule has 0 aliphatic carbocycles. The molecule has 1 heterocycles. The summed E-state index contributed by atoms with van der Waals surface area (Å²) in [6.45, 7) is 7.75. The van der Waals surface area contributed by atoms with Crippen LogP contribution in [-0.4, -0.2) is 18.6 Å². The molecule has 2 unspecified atom stereocenters. The summed E-state index contributed by atoms with van der Waals surface area (Å²) in [6.07, 6.45) is 3.60. The van der Waals surface area contributed by atoms with Crippen molar-refractivity contribution in [3.8, 4) is 0 Å². The fourth-order valence-electron chi connectivity index (χ4n) is 2.80. The predicted molar refractivity (Wildman–Crippen MR) is 74.6 cm³/mol. The standard InChI is InChI=1S/C15H24N2/c1-11-6-7-15(14(9-11)10-12(2)16)17-8-4-5-13(17)3/h6-7,9,12-13H,4-5,8,10,16H2,1-3H3. The van der Waals surface area contributed by atoms with Gasteiger partial charge in [0.15, 0.2) is 0 Å². The third kappa shape index (κ3) is 2.81. The molecule has 17 heavy (non-hydrogen) atoms. The first-order valence-electron chi connectivity index (χ1n) is 6.69. The quantitative estimate of drug-likeness (QED) is 0.868. The average molecular weight is 232 g/mol. The second kappa shape index (κ2) is 5.09. The van der Waals surface area contributed by atoms with Crippen LogP contribution in [0.2, 0.25) is 0 Å². The molecule has 0 amide bonds. The molecule has 0 saturated carbocycles. The van der Waals surface area contributed by atoms with E-state index in [1.54, 1.807) is 0 Å². The zero-order valence-corrected chi connectivity index (χ0v) is 11.2. The first-order valence-corrected chi connectivity index (χ1v) is 6.69. The lowest BCUT2D eigenvalue weighted by Crippen LogP contribution is -2.28. The molecule has 0 spiro atoms. The summed E-state index contributed by atoms with van der Waals surface area (Å²) < 4.78 is 0. The molecule has 1 aliphatic rings. The first-order chi connectivity index (χ1) is 8.08. The highest BCUT2D eigenvalue weighted by Crippen LogP contribution is 2.29. The molecule has 1 aromatic carbocycles. The number of benzene rings is 1. The van der Waals surface area contributed by atoms with Crippen molar-refractivity contribution in [1.29, 1.82) is 0 Å². The van der Waals surface area contributed by atoms with Crippen LogP contribution in [0.15, 0.2) is 18.2 Å².